The summed E-state index contributed by atoms with van der Waals surface area (Å²) in [7, 11) is 0. The smallest absolute Gasteiger partial charge is 0.240 e. The molecule has 0 radical (unpaired) electrons. The van der Waals surface area contributed by atoms with E-state index in [1.165, 1.54) is 6.42 Å². The molecule has 0 aromatic rings. The number of carbonyl (C=O) groups excluding carboxylic acids is 1. The van der Waals surface area contributed by atoms with Gasteiger partial charge in [0, 0.05) is 6.54 Å². The molecule has 0 aliphatic carbocycles. The molecule has 3 heteroatoms. The summed E-state index contributed by atoms with van der Waals surface area (Å²) in [6, 6.07) is 0. The van der Waals surface area contributed by atoms with E-state index >= 15 is 0 Å². The van der Waals surface area contributed by atoms with Gasteiger partial charge in [-0.1, -0.05) is 6.08 Å². The van der Waals surface area contributed by atoms with Crippen molar-refractivity contribution in [1.82, 2.24) is 10.6 Å². The molecule has 1 aliphatic rings. The van der Waals surface area contributed by atoms with Gasteiger partial charge in [0.05, 0.1) is 5.54 Å². The summed E-state index contributed by atoms with van der Waals surface area (Å²) in [6.07, 6.45) is 4.93. The minimum atomic E-state index is -0.360. The van der Waals surface area contributed by atoms with Crippen LogP contribution in [0.1, 0.15) is 26.2 Å². The first-order chi connectivity index (χ1) is 6.19. The maximum atomic E-state index is 11.7. The molecule has 1 saturated heterocycles. The molecule has 1 fully saturated rings. The van der Waals surface area contributed by atoms with Crippen molar-refractivity contribution in [2.45, 2.75) is 31.7 Å². The standard InChI is InChI=1S/C10H18N2O/c1-3-7-11-9(13)10(2)6-4-5-8-12-10/h3,12H,1,4-8H2,2H3,(H,11,13). The molecule has 2 N–H and O–H groups in total. The molecule has 0 aromatic heterocycles. The average molecular weight is 182 g/mol. The van der Waals surface area contributed by atoms with E-state index in [0.29, 0.717) is 6.54 Å². The van der Waals surface area contributed by atoms with Crippen LogP contribution >= 0.6 is 0 Å². The Kier molecular flexibility index (Phi) is 3.48. The third-order valence-corrected chi connectivity index (χ3v) is 2.53. The van der Waals surface area contributed by atoms with E-state index in [4.69, 9.17) is 0 Å². The van der Waals surface area contributed by atoms with Crippen molar-refractivity contribution in [2.24, 2.45) is 0 Å². The number of carbonyl (C=O) groups is 1. The number of hydrogen-bond acceptors (Lipinski definition) is 2. The maximum absolute atomic E-state index is 11.7. The van der Waals surface area contributed by atoms with Gasteiger partial charge in [0.1, 0.15) is 0 Å². The monoisotopic (exact) mass is 182 g/mol. The summed E-state index contributed by atoms with van der Waals surface area (Å²) in [4.78, 5) is 11.7. The Balaban J connectivity index is 2.46. The zero-order valence-electron chi connectivity index (χ0n) is 8.23. The minimum absolute atomic E-state index is 0.0899. The van der Waals surface area contributed by atoms with Crippen molar-refractivity contribution in [1.29, 1.82) is 0 Å². The van der Waals surface area contributed by atoms with Crippen LogP contribution in [-0.2, 0) is 4.79 Å². The van der Waals surface area contributed by atoms with E-state index in [1.807, 2.05) is 6.92 Å². The number of piperidine rings is 1. The summed E-state index contributed by atoms with van der Waals surface area (Å²) >= 11 is 0. The Morgan fingerprint density at radius 2 is 2.46 bits per heavy atom. The van der Waals surface area contributed by atoms with Gasteiger partial charge < -0.3 is 10.6 Å². The van der Waals surface area contributed by atoms with E-state index in [2.05, 4.69) is 17.2 Å². The molecule has 0 bridgehead atoms. The van der Waals surface area contributed by atoms with Gasteiger partial charge in [-0.3, -0.25) is 4.79 Å². The lowest BCUT2D eigenvalue weighted by molar-refractivity contribution is -0.127. The van der Waals surface area contributed by atoms with Gasteiger partial charge in [-0.25, -0.2) is 0 Å². The number of rotatable bonds is 3. The molecule has 1 aliphatic heterocycles. The summed E-state index contributed by atoms with van der Waals surface area (Å²) in [6.45, 7) is 7.02. The molecule has 0 saturated carbocycles. The molecule has 1 amide bonds. The van der Waals surface area contributed by atoms with Crippen LogP contribution in [-0.4, -0.2) is 24.5 Å². The van der Waals surface area contributed by atoms with Gasteiger partial charge in [0.2, 0.25) is 5.91 Å². The third-order valence-electron chi connectivity index (χ3n) is 2.53. The average Bonchev–Trinajstić information content (AvgIpc) is 2.15. The minimum Gasteiger partial charge on any atom is -0.351 e. The number of amides is 1. The molecular weight excluding hydrogens is 164 g/mol. The van der Waals surface area contributed by atoms with Gasteiger partial charge in [-0.05, 0) is 32.7 Å². The van der Waals surface area contributed by atoms with E-state index in [1.54, 1.807) is 6.08 Å². The summed E-state index contributed by atoms with van der Waals surface area (Å²) < 4.78 is 0. The van der Waals surface area contributed by atoms with Crippen molar-refractivity contribution in [3.63, 3.8) is 0 Å². The second-order valence-electron chi connectivity index (χ2n) is 3.71. The highest BCUT2D eigenvalue weighted by Crippen LogP contribution is 2.18. The van der Waals surface area contributed by atoms with E-state index < -0.39 is 0 Å². The summed E-state index contributed by atoms with van der Waals surface area (Å²) in [5.74, 6) is 0.0899. The van der Waals surface area contributed by atoms with E-state index in [0.717, 1.165) is 19.4 Å². The maximum Gasteiger partial charge on any atom is 0.240 e. The van der Waals surface area contributed by atoms with Crippen LogP contribution in [0.2, 0.25) is 0 Å². The molecule has 3 nitrogen and oxygen atoms in total. The van der Waals surface area contributed by atoms with Gasteiger partial charge in [0.25, 0.3) is 0 Å². The van der Waals surface area contributed by atoms with Gasteiger partial charge >= 0.3 is 0 Å². The first kappa shape index (κ1) is 10.3. The first-order valence-electron chi connectivity index (χ1n) is 4.83. The topological polar surface area (TPSA) is 41.1 Å². The molecule has 1 heterocycles. The van der Waals surface area contributed by atoms with Crippen LogP contribution in [0.15, 0.2) is 12.7 Å². The molecule has 0 aromatic carbocycles. The predicted molar refractivity (Wildman–Crippen MR) is 53.5 cm³/mol. The fourth-order valence-electron chi connectivity index (χ4n) is 1.61. The van der Waals surface area contributed by atoms with Crippen molar-refractivity contribution in [3.8, 4) is 0 Å². The Morgan fingerprint density at radius 1 is 1.69 bits per heavy atom. The lowest BCUT2D eigenvalue weighted by Crippen LogP contribution is -2.56. The molecular formula is C10H18N2O. The molecule has 13 heavy (non-hydrogen) atoms. The van der Waals surface area contributed by atoms with E-state index in [-0.39, 0.29) is 11.4 Å². The highest BCUT2D eigenvalue weighted by molar-refractivity contribution is 5.86. The third kappa shape index (κ3) is 2.56. The molecule has 74 valence electrons. The molecule has 1 rings (SSSR count). The fourth-order valence-corrected chi connectivity index (χ4v) is 1.61. The lowest BCUT2D eigenvalue weighted by Gasteiger charge is -2.33. The van der Waals surface area contributed by atoms with Crippen LogP contribution < -0.4 is 10.6 Å². The van der Waals surface area contributed by atoms with Crippen LogP contribution in [0.3, 0.4) is 0 Å². The Bertz CT molecular complexity index is 195. The number of nitrogens with one attached hydrogen (secondary N) is 2. The Hall–Kier alpha value is -0.830. The highest BCUT2D eigenvalue weighted by atomic mass is 16.2. The van der Waals surface area contributed by atoms with Gasteiger partial charge in [-0.2, -0.15) is 0 Å². The predicted octanol–water partition coefficient (Wildman–Crippen LogP) is 0.821. The fraction of sp³-hybridized carbons (Fsp3) is 0.700. The van der Waals surface area contributed by atoms with Gasteiger partial charge in [0.15, 0.2) is 0 Å². The Labute approximate surface area is 79.6 Å². The van der Waals surface area contributed by atoms with Crippen molar-refractivity contribution >= 4 is 5.91 Å². The highest BCUT2D eigenvalue weighted by Gasteiger charge is 2.33. The van der Waals surface area contributed by atoms with E-state index in [9.17, 15) is 4.79 Å². The first-order valence-corrected chi connectivity index (χ1v) is 4.83. The Morgan fingerprint density at radius 3 is 3.00 bits per heavy atom. The normalized spacial score (nSPS) is 28.1. The largest absolute Gasteiger partial charge is 0.351 e. The lowest BCUT2D eigenvalue weighted by atomic mass is 9.90. The van der Waals surface area contributed by atoms with Crippen LogP contribution in [0.25, 0.3) is 0 Å². The second-order valence-corrected chi connectivity index (χ2v) is 3.71. The molecule has 1 unspecified atom stereocenters. The van der Waals surface area contributed by atoms with Crippen LogP contribution in [0.5, 0.6) is 0 Å². The molecule has 0 spiro atoms. The summed E-state index contributed by atoms with van der Waals surface area (Å²) in [5, 5.41) is 6.08. The quantitative estimate of drug-likeness (QED) is 0.634. The zero-order chi connectivity index (χ0) is 9.73. The van der Waals surface area contributed by atoms with Crippen molar-refractivity contribution in [2.75, 3.05) is 13.1 Å². The summed E-state index contributed by atoms with van der Waals surface area (Å²) in [5.41, 5.74) is -0.360. The van der Waals surface area contributed by atoms with Crippen molar-refractivity contribution in [3.05, 3.63) is 12.7 Å². The molecule has 1 atom stereocenters. The SMILES string of the molecule is C=CCNC(=O)C1(C)CCCCN1. The number of hydrogen-bond donors (Lipinski definition) is 2. The zero-order valence-corrected chi connectivity index (χ0v) is 8.23. The second kappa shape index (κ2) is 4.42. The van der Waals surface area contributed by atoms with Crippen LogP contribution in [0, 0.1) is 0 Å². The van der Waals surface area contributed by atoms with Crippen LogP contribution in [0.4, 0.5) is 0 Å². The van der Waals surface area contributed by atoms with Gasteiger partial charge in [-0.15, -0.1) is 6.58 Å². The van der Waals surface area contributed by atoms with Crippen molar-refractivity contribution < 1.29 is 4.79 Å².